The Balaban J connectivity index is 2.91. The number of benzene rings is 2. The van der Waals surface area contributed by atoms with Crippen molar-refractivity contribution in [2.75, 3.05) is 12.4 Å². The number of nitrogens with two attached hydrogens (primary N) is 1. The maximum absolute atomic E-state index is 14.6. The van der Waals surface area contributed by atoms with Gasteiger partial charge in [0.2, 0.25) is 0 Å². The molecule has 120 valence electrons. The van der Waals surface area contributed by atoms with Gasteiger partial charge in [-0.2, -0.15) is 0 Å². The number of nitrogens with one attached hydrogen (secondary N) is 1. The predicted octanol–water partition coefficient (Wildman–Crippen LogP) is 3.33. The summed E-state index contributed by atoms with van der Waals surface area (Å²) in [5.74, 6) is -2.96. The summed E-state index contributed by atoms with van der Waals surface area (Å²) in [6.07, 6.45) is 0. The zero-order valence-corrected chi connectivity index (χ0v) is 12.4. The molecule has 0 spiro atoms. The van der Waals surface area contributed by atoms with E-state index < -0.39 is 33.7 Å². The molecule has 9 heteroatoms. The summed E-state index contributed by atoms with van der Waals surface area (Å²) < 4.78 is 27.9. The molecule has 0 aliphatic rings. The van der Waals surface area contributed by atoms with Gasteiger partial charge < -0.3 is 11.1 Å². The molecule has 2 aromatic rings. The van der Waals surface area contributed by atoms with Crippen LogP contribution in [0.2, 0.25) is 5.02 Å². The highest BCUT2D eigenvalue weighted by molar-refractivity contribution is 6.31. The Bertz CT molecular complexity index is 827. The minimum atomic E-state index is -1.16. The predicted molar refractivity (Wildman–Crippen MR) is 81.5 cm³/mol. The molecule has 23 heavy (non-hydrogen) atoms. The summed E-state index contributed by atoms with van der Waals surface area (Å²) in [5, 5.41) is 13.4. The number of hydrogen-bond acceptors (Lipinski definition) is 4. The van der Waals surface area contributed by atoms with Crippen molar-refractivity contribution in [1.82, 2.24) is 0 Å². The Morgan fingerprint density at radius 2 is 2.00 bits per heavy atom. The molecular weight excluding hydrogens is 332 g/mol. The number of amides is 1. The van der Waals surface area contributed by atoms with Crippen molar-refractivity contribution in [1.29, 1.82) is 0 Å². The first-order chi connectivity index (χ1) is 10.8. The minimum Gasteiger partial charge on any atom is -0.382 e. The molecule has 3 N–H and O–H groups in total. The SMILES string of the molecule is CNc1c([N+](=O)[O-])cc(C(N)=O)c(F)c1-c1ccc(F)c(Cl)c1. The zero-order valence-electron chi connectivity index (χ0n) is 11.7. The van der Waals surface area contributed by atoms with E-state index in [1.54, 1.807) is 0 Å². The summed E-state index contributed by atoms with van der Waals surface area (Å²) in [7, 11) is 1.35. The van der Waals surface area contributed by atoms with Crippen LogP contribution in [0.3, 0.4) is 0 Å². The van der Waals surface area contributed by atoms with Crippen molar-refractivity contribution in [2.45, 2.75) is 0 Å². The van der Waals surface area contributed by atoms with E-state index in [-0.39, 0.29) is 21.8 Å². The van der Waals surface area contributed by atoms with Gasteiger partial charge in [-0.3, -0.25) is 14.9 Å². The second-order valence-corrected chi connectivity index (χ2v) is 4.91. The number of rotatable bonds is 4. The number of halogens is 3. The van der Waals surface area contributed by atoms with Crippen molar-refractivity contribution < 1.29 is 18.5 Å². The second kappa shape index (κ2) is 6.17. The van der Waals surface area contributed by atoms with Crippen LogP contribution in [-0.2, 0) is 0 Å². The van der Waals surface area contributed by atoms with Crippen molar-refractivity contribution >= 4 is 28.9 Å². The molecule has 6 nitrogen and oxygen atoms in total. The van der Waals surface area contributed by atoms with E-state index in [9.17, 15) is 23.7 Å². The third-order valence-corrected chi connectivity index (χ3v) is 3.45. The van der Waals surface area contributed by atoms with E-state index in [0.717, 1.165) is 18.2 Å². The highest BCUT2D eigenvalue weighted by Crippen LogP contribution is 2.40. The molecule has 0 saturated heterocycles. The fourth-order valence-electron chi connectivity index (χ4n) is 2.14. The summed E-state index contributed by atoms with van der Waals surface area (Å²) in [6, 6.07) is 4.02. The molecule has 0 bridgehead atoms. The van der Waals surface area contributed by atoms with Gasteiger partial charge in [-0.15, -0.1) is 0 Å². The van der Waals surface area contributed by atoms with Crippen LogP contribution >= 0.6 is 11.6 Å². The van der Waals surface area contributed by atoms with E-state index in [1.807, 2.05) is 0 Å². The number of hydrogen-bond donors (Lipinski definition) is 2. The molecule has 0 unspecified atom stereocenters. The van der Waals surface area contributed by atoms with Gasteiger partial charge in [-0.05, 0) is 17.7 Å². The maximum atomic E-state index is 14.6. The summed E-state index contributed by atoms with van der Waals surface area (Å²) >= 11 is 5.67. The Morgan fingerprint density at radius 1 is 1.35 bits per heavy atom. The monoisotopic (exact) mass is 341 g/mol. The normalized spacial score (nSPS) is 10.4. The van der Waals surface area contributed by atoms with Crippen LogP contribution in [0.4, 0.5) is 20.2 Å². The van der Waals surface area contributed by atoms with Gasteiger partial charge in [-0.25, -0.2) is 8.78 Å². The van der Waals surface area contributed by atoms with E-state index in [4.69, 9.17) is 17.3 Å². The lowest BCUT2D eigenvalue weighted by Gasteiger charge is -2.14. The summed E-state index contributed by atoms with van der Waals surface area (Å²) in [4.78, 5) is 21.7. The number of carbonyl (C=O) groups is 1. The molecule has 0 heterocycles. The van der Waals surface area contributed by atoms with Crippen LogP contribution in [0.25, 0.3) is 11.1 Å². The molecule has 0 radical (unpaired) electrons. The lowest BCUT2D eigenvalue weighted by molar-refractivity contribution is -0.383. The number of carbonyl (C=O) groups excluding carboxylic acids is 1. The van der Waals surface area contributed by atoms with Crippen LogP contribution in [0, 0.1) is 21.7 Å². The van der Waals surface area contributed by atoms with Gasteiger partial charge >= 0.3 is 0 Å². The number of nitro groups is 1. The Kier molecular flexibility index (Phi) is 4.46. The largest absolute Gasteiger partial charge is 0.382 e. The zero-order chi connectivity index (χ0) is 17.3. The number of anilines is 1. The van der Waals surface area contributed by atoms with E-state index in [1.165, 1.54) is 13.1 Å². The quantitative estimate of drug-likeness (QED) is 0.658. The average Bonchev–Trinajstić information content (AvgIpc) is 2.48. The topological polar surface area (TPSA) is 98.3 Å². The van der Waals surface area contributed by atoms with Gasteiger partial charge in [-0.1, -0.05) is 17.7 Å². The second-order valence-electron chi connectivity index (χ2n) is 4.51. The van der Waals surface area contributed by atoms with Gasteiger partial charge in [0.1, 0.15) is 17.3 Å². The van der Waals surface area contributed by atoms with Gasteiger partial charge in [0.05, 0.1) is 15.5 Å². The number of nitro benzene ring substituents is 1. The number of primary amides is 1. The van der Waals surface area contributed by atoms with E-state index in [0.29, 0.717) is 0 Å². The highest BCUT2D eigenvalue weighted by atomic mass is 35.5. The molecule has 0 saturated carbocycles. The molecule has 2 rings (SSSR count). The summed E-state index contributed by atoms with van der Waals surface area (Å²) in [6.45, 7) is 0. The molecule has 0 fully saturated rings. The first kappa shape index (κ1) is 16.6. The van der Waals surface area contributed by atoms with Crippen molar-refractivity contribution in [3.8, 4) is 11.1 Å². The van der Waals surface area contributed by atoms with Crippen LogP contribution in [0.1, 0.15) is 10.4 Å². The fourth-order valence-corrected chi connectivity index (χ4v) is 2.32. The standard InChI is InChI=1S/C14H10ClF2N3O3/c1-19-13-10(20(22)23)5-7(14(18)21)12(17)11(13)6-2-3-9(16)8(15)4-6/h2-5,19H,1H3,(H2,18,21). The Labute approximate surface area is 134 Å². The molecule has 2 aromatic carbocycles. The van der Waals surface area contributed by atoms with Crippen molar-refractivity contribution in [3.05, 3.63) is 56.6 Å². The van der Waals surface area contributed by atoms with Crippen LogP contribution in [0.15, 0.2) is 24.3 Å². The minimum absolute atomic E-state index is 0.0597. The highest BCUT2D eigenvalue weighted by Gasteiger charge is 2.27. The van der Waals surface area contributed by atoms with Gasteiger partial charge in [0.25, 0.3) is 11.6 Å². The van der Waals surface area contributed by atoms with E-state index in [2.05, 4.69) is 5.32 Å². The van der Waals surface area contributed by atoms with Crippen molar-refractivity contribution in [2.24, 2.45) is 5.73 Å². The lowest BCUT2D eigenvalue weighted by Crippen LogP contribution is -2.15. The molecule has 0 aromatic heterocycles. The molecule has 1 amide bonds. The smallest absolute Gasteiger partial charge is 0.293 e. The summed E-state index contributed by atoms with van der Waals surface area (Å²) in [5.41, 5.74) is 3.46. The first-order valence-corrected chi connectivity index (χ1v) is 6.59. The fraction of sp³-hybridized carbons (Fsp3) is 0.0714. The first-order valence-electron chi connectivity index (χ1n) is 6.21. The number of nitrogens with zero attached hydrogens (tertiary/aromatic N) is 1. The maximum Gasteiger partial charge on any atom is 0.293 e. The molecule has 0 aliphatic heterocycles. The van der Waals surface area contributed by atoms with Gasteiger partial charge in [0, 0.05) is 18.7 Å². The van der Waals surface area contributed by atoms with Gasteiger partial charge in [0.15, 0.2) is 0 Å². The molecular formula is C14H10ClF2N3O3. The molecule has 0 aliphatic carbocycles. The molecule has 0 atom stereocenters. The average molecular weight is 342 g/mol. The Hall–Kier alpha value is -2.74. The lowest BCUT2D eigenvalue weighted by atomic mass is 9.98. The third-order valence-electron chi connectivity index (χ3n) is 3.16. The van der Waals surface area contributed by atoms with Crippen LogP contribution < -0.4 is 11.1 Å². The van der Waals surface area contributed by atoms with Crippen LogP contribution in [0.5, 0.6) is 0 Å². The third kappa shape index (κ3) is 2.93. The van der Waals surface area contributed by atoms with Crippen LogP contribution in [-0.4, -0.2) is 17.9 Å². The van der Waals surface area contributed by atoms with Crippen molar-refractivity contribution in [3.63, 3.8) is 0 Å². The Morgan fingerprint density at radius 3 is 2.48 bits per heavy atom. The van der Waals surface area contributed by atoms with E-state index >= 15 is 0 Å².